The summed E-state index contributed by atoms with van der Waals surface area (Å²) in [6.45, 7) is 0.861. The molecule has 7 aromatic rings. The Kier molecular flexibility index (Phi) is 4.41. The molecule has 0 saturated heterocycles. The van der Waals surface area contributed by atoms with E-state index in [4.69, 9.17) is 5.73 Å². The van der Waals surface area contributed by atoms with Gasteiger partial charge in [-0.1, -0.05) is 103 Å². The van der Waals surface area contributed by atoms with Crippen LogP contribution >= 0.6 is 0 Å². The number of nitrogen functional groups attached to an aromatic ring is 1. The Hall–Kier alpha value is -5.60. The number of anilines is 1. The lowest BCUT2D eigenvalue weighted by Gasteiger charge is -2.17. The summed E-state index contributed by atoms with van der Waals surface area (Å²) in [5.41, 5.74) is 22.4. The van der Waals surface area contributed by atoms with Gasteiger partial charge in [-0.25, -0.2) is 0 Å². The minimum absolute atomic E-state index is 0.803. The molecule has 2 aliphatic carbocycles. The summed E-state index contributed by atoms with van der Waals surface area (Å²) in [6, 6.07) is 40.5. The predicted molar refractivity (Wildman–Crippen MR) is 183 cm³/mol. The summed E-state index contributed by atoms with van der Waals surface area (Å²) in [6.07, 6.45) is 6.46. The molecule has 0 bridgehead atoms. The summed E-state index contributed by atoms with van der Waals surface area (Å²) in [5.74, 6) is 0. The topological polar surface area (TPSA) is 38.0 Å². The normalized spacial score (nSPS) is 13.8. The third kappa shape index (κ3) is 2.97. The van der Waals surface area contributed by atoms with Gasteiger partial charge in [0.25, 0.3) is 0 Å². The summed E-state index contributed by atoms with van der Waals surface area (Å²) in [7, 11) is 0. The van der Waals surface area contributed by atoms with Gasteiger partial charge in [0.15, 0.2) is 0 Å². The lowest BCUT2D eigenvalue weighted by atomic mass is 9.85. The van der Waals surface area contributed by atoms with Crippen molar-refractivity contribution in [1.82, 2.24) is 5.32 Å². The number of nitrogens with two attached hydrogens (primary N) is 1. The molecule has 0 fully saturated rings. The van der Waals surface area contributed by atoms with Crippen molar-refractivity contribution in [1.29, 1.82) is 0 Å². The molecule has 3 N–H and O–H groups in total. The minimum atomic E-state index is 0.803. The first-order valence-corrected chi connectivity index (χ1v) is 15.0. The molecule has 0 amide bonds. The van der Waals surface area contributed by atoms with Crippen LogP contribution in [0.1, 0.15) is 5.56 Å². The number of fused-ring (bicyclic) bond motifs is 8. The fourth-order valence-electron chi connectivity index (χ4n) is 7.93. The van der Waals surface area contributed by atoms with Crippen molar-refractivity contribution >= 4 is 43.7 Å². The average molecular weight is 547 g/mol. The molecule has 10 rings (SSSR count). The molecule has 43 heavy (non-hydrogen) atoms. The molecule has 0 saturated carbocycles. The van der Waals surface area contributed by atoms with Gasteiger partial charge in [-0.15, -0.1) is 0 Å². The fraction of sp³-hybridized carbons (Fsp3) is 0.0244. The lowest BCUT2D eigenvalue weighted by molar-refractivity contribution is 0.996. The zero-order valence-corrected chi connectivity index (χ0v) is 23.4. The molecule has 2 heteroatoms. The van der Waals surface area contributed by atoms with Crippen LogP contribution in [-0.2, 0) is 0 Å². The van der Waals surface area contributed by atoms with Crippen molar-refractivity contribution in [3.63, 3.8) is 0 Å². The van der Waals surface area contributed by atoms with Crippen molar-refractivity contribution in [2.75, 3.05) is 12.3 Å². The average Bonchev–Trinajstić information content (AvgIpc) is 3.56. The second-order valence-electron chi connectivity index (χ2n) is 11.9. The van der Waals surface area contributed by atoms with E-state index in [-0.39, 0.29) is 0 Å². The highest BCUT2D eigenvalue weighted by molar-refractivity contribution is 6.31. The van der Waals surface area contributed by atoms with Gasteiger partial charge in [0.1, 0.15) is 0 Å². The maximum Gasteiger partial charge on any atom is 0.0416 e. The maximum absolute atomic E-state index is 6.25. The summed E-state index contributed by atoms with van der Waals surface area (Å²) >= 11 is 0. The number of benzene rings is 7. The van der Waals surface area contributed by atoms with Crippen LogP contribution in [0, 0.1) is 0 Å². The fourth-order valence-corrected chi connectivity index (χ4v) is 7.93. The molecule has 0 atom stereocenters. The van der Waals surface area contributed by atoms with Crippen molar-refractivity contribution in [3.05, 3.63) is 133 Å². The Balaban J connectivity index is 1.30. The summed E-state index contributed by atoms with van der Waals surface area (Å²) in [4.78, 5) is 0. The van der Waals surface area contributed by atoms with Crippen LogP contribution in [0.4, 0.5) is 5.69 Å². The SMILES string of the molecule is Nc1ccc2c(c1)-c1cccc3c(-c4c5ccccc5c5c6c(cccc46)-c4cc(C6=CC=CCN6)ccc4-5)ccc-2c13. The first kappa shape index (κ1) is 23.0. The van der Waals surface area contributed by atoms with E-state index in [0.717, 1.165) is 12.2 Å². The number of nitrogens with one attached hydrogen (secondary N) is 1. The van der Waals surface area contributed by atoms with Crippen molar-refractivity contribution in [3.8, 4) is 55.6 Å². The number of dihydropyridines is 1. The lowest BCUT2D eigenvalue weighted by Crippen LogP contribution is -2.14. The van der Waals surface area contributed by atoms with Crippen LogP contribution in [0.15, 0.2) is 127 Å². The van der Waals surface area contributed by atoms with Gasteiger partial charge in [-0.3, -0.25) is 0 Å². The molecular weight excluding hydrogens is 520 g/mol. The zero-order valence-electron chi connectivity index (χ0n) is 23.4. The molecule has 3 aliphatic rings. The summed E-state index contributed by atoms with van der Waals surface area (Å²) in [5, 5.41) is 11.4. The zero-order chi connectivity index (χ0) is 28.2. The van der Waals surface area contributed by atoms with Gasteiger partial charge in [0.05, 0.1) is 0 Å². The van der Waals surface area contributed by atoms with Gasteiger partial charge in [-0.2, -0.15) is 0 Å². The molecule has 0 unspecified atom stereocenters. The van der Waals surface area contributed by atoms with E-state index in [1.807, 2.05) is 6.07 Å². The van der Waals surface area contributed by atoms with E-state index in [2.05, 4.69) is 127 Å². The van der Waals surface area contributed by atoms with Gasteiger partial charge in [-0.05, 0) is 118 Å². The van der Waals surface area contributed by atoms with Crippen molar-refractivity contribution in [2.24, 2.45) is 0 Å². The highest BCUT2D eigenvalue weighted by Gasteiger charge is 2.29. The number of hydrogen-bond acceptors (Lipinski definition) is 2. The van der Waals surface area contributed by atoms with Gasteiger partial charge in [0, 0.05) is 17.9 Å². The predicted octanol–water partition coefficient (Wildman–Crippen LogP) is 10.2. The Morgan fingerprint density at radius 3 is 2.00 bits per heavy atom. The molecule has 0 aromatic heterocycles. The van der Waals surface area contributed by atoms with Crippen LogP contribution in [0.25, 0.3) is 93.6 Å². The highest BCUT2D eigenvalue weighted by atomic mass is 14.9. The van der Waals surface area contributed by atoms with Crippen LogP contribution < -0.4 is 11.1 Å². The van der Waals surface area contributed by atoms with E-state index in [1.165, 1.54) is 99.2 Å². The smallest absolute Gasteiger partial charge is 0.0416 e. The molecule has 0 radical (unpaired) electrons. The van der Waals surface area contributed by atoms with E-state index in [0.29, 0.717) is 0 Å². The van der Waals surface area contributed by atoms with Gasteiger partial charge >= 0.3 is 0 Å². The van der Waals surface area contributed by atoms with Gasteiger partial charge < -0.3 is 11.1 Å². The number of hydrogen-bond donors (Lipinski definition) is 2. The monoisotopic (exact) mass is 546 g/mol. The summed E-state index contributed by atoms with van der Waals surface area (Å²) < 4.78 is 0. The van der Waals surface area contributed by atoms with E-state index in [9.17, 15) is 0 Å². The Bertz CT molecular complexity index is 2460. The van der Waals surface area contributed by atoms with E-state index < -0.39 is 0 Å². The Labute approximate surface area is 249 Å². The van der Waals surface area contributed by atoms with E-state index in [1.54, 1.807) is 0 Å². The van der Waals surface area contributed by atoms with Crippen LogP contribution in [-0.4, -0.2) is 6.54 Å². The third-order valence-electron chi connectivity index (χ3n) is 9.68. The number of allylic oxidation sites excluding steroid dienone is 2. The molecule has 0 spiro atoms. The molecule has 1 heterocycles. The standard InChI is InChI=1S/C41H26N2/c42-24-15-17-25-31-18-19-32(27-9-5-10-29(38(27)31)36(25)22-24)39-26-7-1-2-8-28(26)40-33-16-14-23(37-13-3-4-20-43-37)21-35(33)30-11-6-12-34(39)41(30)40/h1-19,21-22,43H,20,42H2. The number of rotatable bonds is 2. The Morgan fingerprint density at radius 1 is 0.488 bits per heavy atom. The van der Waals surface area contributed by atoms with Crippen LogP contribution in [0.3, 0.4) is 0 Å². The first-order valence-electron chi connectivity index (χ1n) is 15.0. The van der Waals surface area contributed by atoms with E-state index >= 15 is 0 Å². The second-order valence-corrected chi connectivity index (χ2v) is 11.9. The highest BCUT2D eigenvalue weighted by Crippen LogP contribution is 2.56. The molecule has 2 nitrogen and oxygen atoms in total. The largest absolute Gasteiger partial charge is 0.399 e. The molecular formula is C41H26N2. The quantitative estimate of drug-likeness (QED) is 0.167. The molecule has 200 valence electrons. The molecule has 1 aliphatic heterocycles. The Morgan fingerprint density at radius 2 is 1.16 bits per heavy atom. The van der Waals surface area contributed by atoms with Crippen LogP contribution in [0.5, 0.6) is 0 Å². The van der Waals surface area contributed by atoms with Crippen molar-refractivity contribution < 1.29 is 0 Å². The van der Waals surface area contributed by atoms with Crippen molar-refractivity contribution in [2.45, 2.75) is 0 Å². The second kappa shape index (κ2) is 8.24. The third-order valence-corrected chi connectivity index (χ3v) is 9.68. The van der Waals surface area contributed by atoms with Crippen LogP contribution in [0.2, 0.25) is 0 Å². The molecule has 7 aromatic carbocycles. The van der Waals surface area contributed by atoms with Gasteiger partial charge in [0.2, 0.25) is 0 Å². The minimum Gasteiger partial charge on any atom is -0.399 e. The first-order chi connectivity index (χ1) is 21.3. The maximum atomic E-state index is 6.25.